The Hall–Kier alpha value is -1.03. The van der Waals surface area contributed by atoms with Crippen molar-refractivity contribution in [2.45, 2.75) is 19.4 Å². The minimum absolute atomic E-state index is 0.236. The van der Waals surface area contributed by atoms with Crippen LogP contribution in [0.15, 0.2) is 0 Å². The molecule has 1 atom stereocenters. The van der Waals surface area contributed by atoms with Crippen molar-refractivity contribution >= 4 is 5.82 Å². The molecule has 1 aromatic rings. The topological polar surface area (TPSA) is 55.9 Å². The van der Waals surface area contributed by atoms with Crippen LogP contribution in [0.3, 0.4) is 0 Å². The van der Waals surface area contributed by atoms with Gasteiger partial charge in [-0.1, -0.05) is 0 Å². The monoisotopic (exact) mass is 166 g/mol. The van der Waals surface area contributed by atoms with Crippen LogP contribution in [0.25, 0.3) is 0 Å². The Balaban J connectivity index is 2.45. The SMILES string of the molecule is Cc1nn(C)c2c1CC(N)CN2. The van der Waals surface area contributed by atoms with Gasteiger partial charge in [0.1, 0.15) is 5.82 Å². The zero-order chi connectivity index (χ0) is 8.72. The maximum atomic E-state index is 5.83. The number of aryl methyl sites for hydroxylation is 2. The van der Waals surface area contributed by atoms with E-state index >= 15 is 0 Å². The van der Waals surface area contributed by atoms with Gasteiger partial charge >= 0.3 is 0 Å². The number of nitrogens with zero attached hydrogens (tertiary/aromatic N) is 2. The van der Waals surface area contributed by atoms with Gasteiger partial charge in [-0.25, -0.2) is 0 Å². The fourth-order valence-electron chi connectivity index (χ4n) is 1.73. The fraction of sp³-hybridized carbons (Fsp3) is 0.625. The zero-order valence-electron chi connectivity index (χ0n) is 7.46. The van der Waals surface area contributed by atoms with E-state index in [-0.39, 0.29) is 6.04 Å². The molecule has 0 spiro atoms. The molecule has 1 unspecified atom stereocenters. The lowest BCUT2D eigenvalue weighted by atomic mass is 10.0. The van der Waals surface area contributed by atoms with Crippen LogP contribution >= 0.6 is 0 Å². The van der Waals surface area contributed by atoms with Crippen LogP contribution < -0.4 is 11.1 Å². The Labute approximate surface area is 71.7 Å². The van der Waals surface area contributed by atoms with Gasteiger partial charge in [0.2, 0.25) is 0 Å². The van der Waals surface area contributed by atoms with E-state index in [2.05, 4.69) is 10.4 Å². The summed E-state index contributed by atoms with van der Waals surface area (Å²) in [6.45, 7) is 2.88. The van der Waals surface area contributed by atoms with Crippen molar-refractivity contribution in [2.75, 3.05) is 11.9 Å². The molecule has 4 heteroatoms. The molecule has 3 N–H and O–H groups in total. The third kappa shape index (κ3) is 0.992. The second-order valence-corrected chi connectivity index (χ2v) is 3.38. The van der Waals surface area contributed by atoms with Gasteiger partial charge in [0.15, 0.2) is 0 Å². The maximum Gasteiger partial charge on any atom is 0.127 e. The quantitative estimate of drug-likeness (QED) is 0.571. The van der Waals surface area contributed by atoms with Crippen LogP contribution in [0.4, 0.5) is 5.82 Å². The van der Waals surface area contributed by atoms with Crippen molar-refractivity contribution in [2.24, 2.45) is 12.8 Å². The highest BCUT2D eigenvalue weighted by Gasteiger charge is 2.20. The smallest absolute Gasteiger partial charge is 0.127 e. The molecular formula is C8H14N4. The van der Waals surface area contributed by atoms with E-state index in [1.807, 2.05) is 18.7 Å². The van der Waals surface area contributed by atoms with E-state index < -0.39 is 0 Å². The van der Waals surface area contributed by atoms with Gasteiger partial charge in [-0.05, 0) is 13.3 Å². The second kappa shape index (κ2) is 2.48. The van der Waals surface area contributed by atoms with Crippen LogP contribution in [0.2, 0.25) is 0 Å². The fourth-order valence-corrected chi connectivity index (χ4v) is 1.73. The largest absolute Gasteiger partial charge is 0.368 e. The molecule has 0 saturated heterocycles. The van der Waals surface area contributed by atoms with Crippen molar-refractivity contribution in [1.82, 2.24) is 9.78 Å². The first-order valence-electron chi connectivity index (χ1n) is 4.20. The molecular weight excluding hydrogens is 152 g/mol. The van der Waals surface area contributed by atoms with Gasteiger partial charge in [0, 0.05) is 25.2 Å². The number of nitrogens with two attached hydrogens (primary N) is 1. The molecule has 1 aliphatic rings. The highest BCUT2D eigenvalue weighted by Crippen LogP contribution is 2.23. The molecule has 66 valence electrons. The molecule has 0 fully saturated rings. The third-order valence-corrected chi connectivity index (χ3v) is 2.34. The van der Waals surface area contributed by atoms with Gasteiger partial charge in [0.25, 0.3) is 0 Å². The third-order valence-electron chi connectivity index (χ3n) is 2.34. The summed E-state index contributed by atoms with van der Waals surface area (Å²) in [7, 11) is 1.95. The molecule has 2 heterocycles. The van der Waals surface area contributed by atoms with E-state index in [1.165, 1.54) is 5.56 Å². The lowest BCUT2D eigenvalue weighted by Crippen LogP contribution is -2.35. The predicted molar refractivity (Wildman–Crippen MR) is 48.1 cm³/mol. The van der Waals surface area contributed by atoms with Crippen molar-refractivity contribution in [1.29, 1.82) is 0 Å². The normalized spacial score (nSPS) is 21.8. The average Bonchev–Trinajstić information content (AvgIpc) is 2.28. The number of fused-ring (bicyclic) bond motifs is 1. The lowest BCUT2D eigenvalue weighted by molar-refractivity contribution is 0.666. The number of rotatable bonds is 0. The zero-order valence-corrected chi connectivity index (χ0v) is 7.46. The van der Waals surface area contributed by atoms with Crippen LogP contribution in [0.5, 0.6) is 0 Å². The molecule has 12 heavy (non-hydrogen) atoms. The van der Waals surface area contributed by atoms with Crippen molar-refractivity contribution in [3.8, 4) is 0 Å². The first kappa shape index (κ1) is 7.61. The van der Waals surface area contributed by atoms with Gasteiger partial charge < -0.3 is 11.1 Å². The molecule has 0 aromatic carbocycles. The highest BCUT2D eigenvalue weighted by molar-refractivity contribution is 5.50. The number of anilines is 1. The van der Waals surface area contributed by atoms with E-state index in [0.29, 0.717) is 0 Å². The van der Waals surface area contributed by atoms with E-state index in [1.54, 1.807) is 0 Å². The van der Waals surface area contributed by atoms with Crippen molar-refractivity contribution < 1.29 is 0 Å². The number of aromatic nitrogens is 2. The van der Waals surface area contributed by atoms with Gasteiger partial charge in [0.05, 0.1) is 5.69 Å². The first-order chi connectivity index (χ1) is 5.68. The molecule has 2 rings (SSSR count). The minimum atomic E-state index is 0.236. The Bertz CT molecular complexity index is 302. The molecule has 0 radical (unpaired) electrons. The summed E-state index contributed by atoms with van der Waals surface area (Å²) in [5.74, 6) is 1.13. The van der Waals surface area contributed by atoms with Crippen LogP contribution in [-0.2, 0) is 13.5 Å². The summed E-state index contributed by atoms with van der Waals surface area (Å²) in [6, 6.07) is 0.236. The second-order valence-electron chi connectivity index (χ2n) is 3.38. The maximum absolute atomic E-state index is 5.83. The Morgan fingerprint density at radius 2 is 2.42 bits per heavy atom. The average molecular weight is 166 g/mol. The lowest BCUT2D eigenvalue weighted by Gasteiger charge is -2.20. The molecule has 4 nitrogen and oxygen atoms in total. The molecule has 0 amide bonds. The van der Waals surface area contributed by atoms with Crippen LogP contribution in [0.1, 0.15) is 11.3 Å². The van der Waals surface area contributed by atoms with Crippen molar-refractivity contribution in [3.05, 3.63) is 11.3 Å². The van der Waals surface area contributed by atoms with Crippen LogP contribution in [0, 0.1) is 6.92 Å². The summed E-state index contributed by atoms with van der Waals surface area (Å²) >= 11 is 0. The standard InChI is InChI=1S/C8H14N4/c1-5-7-3-6(9)4-10-8(7)12(2)11-5/h6,10H,3-4,9H2,1-2H3. The first-order valence-corrected chi connectivity index (χ1v) is 4.20. The van der Waals surface area contributed by atoms with Gasteiger partial charge in [-0.3, -0.25) is 4.68 Å². The summed E-state index contributed by atoms with van der Waals surface area (Å²) in [5, 5.41) is 7.60. The molecule has 0 saturated carbocycles. The summed E-state index contributed by atoms with van der Waals surface area (Å²) in [5.41, 5.74) is 8.20. The summed E-state index contributed by atoms with van der Waals surface area (Å²) in [4.78, 5) is 0. The predicted octanol–water partition coefficient (Wildman–Crippen LogP) is 0.0238. The van der Waals surface area contributed by atoms with E-state index in [0.717, 1.165) is 24.5 Å². The number of nitrogens with one attached hydrogen (secondary N) is 1. The Morgan fingerprint density at radius 3 is 3.17 bits per heavy atom. The molecule has 1 aromatic heterocycles. The minimum Gasteiger partial charge on any atom is -0.368 e. The van der Waals surface area contributed by atoms with Gasteiger partial charge in [-0.2, -0.15) is 5.10 Å². The van der Waals surface area contributed by atoms with Gasteiger partial charge in [-0.15, -0.1) is 0 Å². The Morgan fingerprint density at radius 1 is 1.67 bits per heavy atom. The number of hydrogen-bond donors (Lipinski definition) is 2. The van der Waals surface area contributed by atoms with Crippen molar-refractivity contribution in [3.63, 3.8) is 0 Å². The van der Waals surface area contributed by atoms with Crippen LogP contribution in [-0.4, -0.2) is 22.4 Å². The van der Waals surface area contributed by atoms with E-state index in [9.17, 15) is 0 Å². The van der Waals surface area contributed by atoms with E-state index in [4.69, 9.17) is 5.73 Å². The summed E-state index contributed by atoms with van der Waals surface area (Å²) < 4.78 is 1.89. The highest BCUT2D eigenvalue weighted by atomic mass is 15.3. The Kier molecular flexibility index (Phi) is 1.58. The molecule has 1 aliphatic heterocycles. The molecule has 0 aliphatic carbocycles. The molecule has 0 bridgehead atoms. The summed E-state index contributed by atoms with van der Waals surface area (Å²) in [6.07, 6.45) is 0.946. The number of hydrogen-bond acceptors (Lipinski definition) is 3.